The number of anilines is 1. The first-order valence-corrected chi connectivity index (χ1v) is 9.22. The maximum absolute atomic E-state index is 12.9. The molecule has 0 fully saturated rings. The molecule has 2 aliphatic heterocycles. The Morgan fingerprint density at radius 3 is 2.70 bits per heavy atom. The third kappa shape index (κ3) is 2.87. The van der Waals surface area contributed by atoms with E-state index in [4.69, 9.17) is 9.47 Å². The Labute approximate surface area is 172 Å². The van der Waals surface area contributed by atoms with Gasteiger partial charge >= 0.3 is 5.97 Å². The number of phenols is 1. The molecule has 7 nitrogen and oxygen atoms in total. The zero-order valence-electron chi connectivity index (χ0n) is 16.1. The van der Waals surface area contributed by atoms with Crippen LogP contribution in [0.2, 0.25) is 0 Å². The second kappa shape index (κ2) is 7.20. The normalized spacial score (nSPS) is 19.3. The summed E-state index contributed by atoms with van der Waals surface area (Å²) in [5, 5.41) is 21.9. The summed E-state index contributed by atoms with van der Waals surface area (Å²) in [4.78, 5) is 24.3. The van der Waals surface area contributed by atoms with Crippen molar-refractivity contribution in [2.45, 2.75) is 12.5 Å². The molecule has 1 spiro atoms. The fourth-order valence-corrected chi connectivity index (χ4v) is 3.85. The van der Waals surface area contributed by atoms with E-state index in [0.717, 1.165) is 0 Å². The highest BCUT2D eigenvalue weighted by molar-refractivity contribution is 5.99. The molecule has 152 valence electrons. The lowest BCUT2D eigenvalue weighted by molar-refractivity contribution is -0.114. The van der Waals surface area contributed by atoms with Crippen LogP contribution in [0.15, 0.2) is 72.5 Å². The first kappa shape index (κ1) is 19.5. The smallest absolute Gasteiger partial charge is 0.340 e. The number of rotatable bonds is 4. The molecule has 0 aromatic heterocycles. The van der Waals surface area contributed by atoms with E-state index in [1.165, 1.54) is 31.2 Å². The third-order valence-corrected chi connectivity index (χ3v) is 4.97. The molecule has 1 amide bonds. The molecule has 2 aliphatic rings. The molecule has 0 aliphatic carbocycles. The Kier molecular flexibility index (Phi) is 4.67. The van der Waals surface area contributed by atoms with Crippen LogP contribution in [0.4, 0.5) is 5.69 Å². The number of ether oxygens (including phenoxy) is 2. The van der Waals surface area contributed by atoms with Crippen molar-refractivity contribution in [3.63, 3.8) is 0 Å². The van der Waals surface area contributed by atoms with Gasteiger partial charge in [-0.05, 0) is 30.3 Å². The molecule has 3 N–H and O–H groups in total. The molecular formula is C23H19NO6. The van der Waals surface area contributed by atoms with Crippen LogP contribution < -0.4 is 10.1 Å². The highest BCUT2D eigenvalue weighted by Crippen LogP contribution is 2.54. The van der Waals surface area contributed by atoms with Crippen molar-refractivity contribution >= 4 is 17.6 Å². The zero-order valence-corrected chi connectivity index (χ0v) is 16.1. The highest BCUT2D eigenvalue weighted by Gasteiger charge is 2.53. The van der Waals surface area contributed by atoms with Crippen molar-refractivity contribution in [2.24, 2.45) is 0 Å². The topological polar surface area (TPSA) is 105 Å². The second-order valence-electron chi connectivity index (χ2n) is 6.86. The number of aromatic hydroxyl groups is 1. The summed E-state index contributed by atoms with van der Waals surface area (Å²) in [6, 6.07) is 9.49. The monoisotopic (exact) mass is 405 g/mol. The third-order valence-electron chi connectivity index (χ3n) is 4.97. The van der Waals surface area contributed by atoms with Crippen molar-refractivity contribution in [1.29, 1.82) is 0 Å². The number of hydrogen-bond donors (Lipinski definition) is 3. The van der Waals surface area contributed by atoms with E-state index in [1.807, 2.05) is 0 Å². The summed E-state index contributed by atoms with van der Waals surface area (Å²) in [6.45, 7) is 4.94. The van der Waals surface area contributed by atoms with Gasteiger partial charge in [-0.3, -0.25) is 4.79 Å². The minimum atomic E-state index is -1.36. The number of esters is 1. The number of allylic oxidation sites excluding steroid dienone is 1. The van der Waals surface area contributed by atoms with E-state index in [0.29, 0.717) is 39.5 Å². The summed E-state index contributed by atoms with van der Waals surface area (Å²) >= 11 is 0. The van der Waals surface area contributed by atoms with Crippen LogP contribution in [0.3, 0.4) is 0 Å². The predicted molar refractivity (Wildman–Crippen MR) is 109 cm³/mol. The van der Waals surface area contributed by atoms with Gasteiger partial charge in [-0.15, -0.1) is 0 Å². The van der Waals surface area contributed by atoms with Crippen molar-refractivity contribution in [1.82, 2.24) is 0 Å². The van der Waals surface area contributed by atoms with E-state index in [9.17, 15) is 19.8 Å². The van der Waals surface area contributed by atoms with Gasteiger partial charge in [0.05, 0.1) is 12.2 Å². The van der Waals surface area contributed by atoms with Crippen molar-refractivity contribution in [2.75, 3.05) is 11.9 Å². The van der Waals surface area contributed by atoms with E-state index < -0.39 is 11.6 Å². The van der Waals surface area contributed by atoms with Crippen LogP contribution in [-0.4, -0.2) is 28.7 Å². The number of carbonyl (C=O) groups excluding carboxylic acids is 2. The molecule has 0 saturated carbocycles. The molecule has 1 atom stereocenters. The number of aliphatic hydroxyl groups is 1. The lowest BCUT2D eigenvalue weighted by Gasteiger charge is -2.36. The molecular weight excluding hydrogens is 386 g/mol. The van der Waals surface area contributed by atoms with E-state index in [2.05, 4.69) is 11.9 Å². The van der Waals surface area contributed by atoms with Gasteiger partial charge in [0.2, 0.25) is 5.91 Å². The molecule has 2 aromatic rings. The first-order valence-electron chi connectivity index (χ1n) is 9.22. The van der Waals surface area contributed by atoms with Gasteiger partial charge in [-0.1, -0.05) is 24.8 Å². The van der Waals surface area contributed by atoms with Crippen LogP contribution in [0.1, 0.15) is 28.4 Å². The Morgan fingerprint density at radius 1 is 1.23 bits per heavy atom. The van der Waals surface area contributed by atoms with Gasteiger partial charge in [-0.25, -0.2) is 4.79 Å². The van der Waals surface area contributed by atoms with E-state index in [-0.39, 0.29) is 18.3 Å². The highest BCUT2D eigenvalue weighted by atomic mass is 16.6. The van der Waals surface area contributed by atoms with Crippen LogP contribution >= 0.6 is 0 Å². The Balaban J connectivity index is 2.03. The Hall–Kier alpha value is -3.84. The van der Waals surface area contributed by atoms with Gasteiger partial charge in [0.15, 0.2) is 5.60 Å². The molecule has 2 heterocycles. The van der Waals surface area contributed by atoms with Gasteiger partial charge in [0.1, 0.15) is 17.3 Å². The van der Waals surface area contributed by atoms with Crippen LogP contribution in [0.25, 0.3) is 0 Å². The minimum Gasteiger partial charge on any atom is -0.508 e. The predicted octanol–water partition coefficient (Wildman–Crippen LogP) is 3.15. The average Bonchev–Trinajstić information content (AvgIpc) is 2.99. The lowest BCUT2D eigenvalue weighted by Crippen LogP contribution is -2.34. The van der Waals surface area contributed by atoms with Crippen molar-refractivity contribution in [3.8, 4) is 11.5 Å². The molecule has 0 saturated heterocycles. The van der Waals surface area contributed by atoms with Crippen LogP contribution in [0.5, 0.6) is 11.5 Å². The minimum absolute atomic E-state index is 0.00721. The quantitative estimate of drug-likeness (QED) is 0.675. The largest absolute Gasteiger partial charge is 0.508 e. The lowest BCUT2D eigenvalue weighted by atomic mass is 9.77. The second-order valence-corrected chi connectivity index (χ2v) is 6.86. The van der Waals surface area contributed by atoms with Gasteiger partial charge in [0.25, 0.3) is 0 Å². The summed E-state index contributed by atoms with van der Waals surface area (Å²) in [5.74, 6) is -0.200. The van der Waals surface area contributed by atoms with Crippen molar-refractivity contribution < 1.29 is 29.3 Å². The number of amides is 1. The molecule has 30 heavy (non-hydrogen) atoms. The fourth-order valence-electron chi connectivity index (χ4n) is 3.85. The average molecular weight is 405 g/mol. The molecule has 7 heteroatoms. The van der Waals surface area contributed by atoms with Crippen LogP contribution in [-0.2, 0) is 15.1 Å². The van der Waals surface area contributed by atoms with Crippen molar-refractivity contribution in [3.05, 3.63) is 89.2 Å². The Bertz CT molecular complexity index is 1150. The summed E-state index contributed by atoms with van der Waals surface area (Å²) in [7, 11) is 0. The number of fused-ring (bicyclic) bond motifs is 4. The first-order chi connectivity index (χ1) is 14.4. The molecule has 2 aromatic carbocycles. The van der Waals surface area contributed by atoms with Gasteiger partial charge in [0, 0.05) is 35.4 Å². The number of hydrogen-bond acceptors (Lipinski definition) is 6. The van der Waals surface area contributed by atoms with E-state index >= 15 is 0 Å². The SMILES string of the molecule is C=CC1=C(/C=C\CO)C2(OC(=O)c3cc(NC(C)=O)ccc32)c2ccc(O)cc2O1. The Morgan fingerprint density at radius 2 is 2.00 bits per heavy atom. The summed E-state index contributed by atoms with van der Waals surface area (Å²) < 4.78 is 11.9. The number of phenolic OH excluding ortho intramolecular Hbond substituents is 1. The maximum Gasteiger partial charge on any atom is 0.340 e. The fraction of sp³-hybridized carbons (Fsp3) is 0.130. The van der Waals surface area contributed by atoms with Gasteiger partial charge in [-0.2, -0.15) is 0 Å². The molecule has 1 unspecified atom stereocenters. The maximum atomic E-state index is 12.9. The summed E-state index contributed by atoms with van der Waals surface area (Å²) in [6.07, 6.45) is 4.60. The number of aliphatic hydroxyl groups excluding tert-OH is 1. The molecule has 0 radical (unpaired) electrons. The number of nitrogens with one attached hydrogen (secondary N) is 1. The van der Waals surface area contributed by atoms with Crippen LogP contribution in [0, 0.1) is 0 Å². The standard InChI is InChI=1S/C23H19NO6/c1-3-20-18(5-4-10-25)23(19-9-7-15(27)12-21(19)29-20)17-8-6-14(24-13(2)26)11-16(17)22(28)30-23/h3-9,11-12,25,27H,1,10H2,2H3,(H,24,26)/b5-4-. The molecule has 0 bridgehead atoms. The number of carbonyl (C=O) groups is 2. The number of benzene rings is 2. The van der Waals surface area contributed by atoms with E-state index in [1.54, 1.807) is 30.3 Å². The molecule has 4 rings (SSSR count). The summed E-state index contributed by atoms with van der Waals surface area (Å²) in [5.41, 5.74) is 0.937. The zero-order chi connectivity index (χ0) is 21.5. The van der Waals surface area contributed by atoms with Gasteiger partial charge < -0.3 is 25.0 Å².